The largest absolute Gasteiger partial charge is 0.497 e. The molecule has 0 heterocycles. The Kier molecular flexibility index (Phi) is 7.24. The van der Waals surface area contributed by atoms with Crippen LogP contribution in [0.3, 0.4) is 0 Å². The number of nitro groups is 1. The lowest BCUT2D eigenvalue weighted by Gasteiger charge is -2.10. The predicted octanol–water partition coefficient (Wildman–Crippen LogP) is 1.82. The number of methoxy groups -OCH3 is 1. The van der Waals surface area contributed by atoms with Crippen LogP contribution >= 0.6 is 0 Å². The Hall–Kier alpha value is -3.95. The van der Waals surface area contributed by atoms with Gasteiger partial charge in [-0.1, -0.05) is 12.1 Å². The second-order valence-electron chi connectivity index (χ2n) is 5.83. The first-order valence-corrected chi connectivity index (χ1v) is 8.43. The highest BCUT2D eigenvalue weighted by molar-refractivity contribution is 5.97. The molecule has 29 heavy (non-hydrogen) atoms. The van der Waals surface area contributed by atoms with Crippen LogP contribution in [0.5, 0.6) is 5.75 Å². The fourth-order valence-electron chi connectivity index (χ4n) is 2.36. The van der Waals surface area contributed by atoms with Gasteiger partial charge in [0.1, 0.15) is 12.3 Å². The number of hydrogen-bond acceptors (Lipinski definition) is 7. The topological polar surface area (TPSA) is 137 Å². The van der Waals surface area contributed by atoms with Gasteiger partial charge in [-0.25, -0.2) is 0 Å². The number of nitro benzene ring substituents is 1. The molecule has 2 aromatic rings. The summed E-state index contributed by atoms with van der Waals surface area (Å²) in [6.07, 6.45) is 0. The van der Waals surface area contributed by atoms with Gasteiger partial charge in [0.2, 0.25) is 0 Å². The summed E-state index contributed by atoms with van der Waals surface area (Å²) >= 11 is 0. The molecule has 0 aliphatic carbocycles. The van der Waals surface area contributed by atoms with Crippen LogP contribution in [0.1, 0.15) is 15.9 Å². The van der Waals surface area contributed by atoms with Gasteiger partial charge in [0.15, 0.2) is 6.61 Å². The summed E-state index contributed by atoms with van der Waals surface area (Å²) in [4.78, 5) is 46.0. The zero-order chi connectivity index (χ0) is 21.4. The van der Waals surface area contributed by atoms with Crippen LogP contribution in [0.2, 0.25) is 0 Å². The van der Waals surface area contributed by atoms with Gasteiger partial charge in [-0.15, -0.1) is 0 Å². The van der Waals surface area contributed by atoms with E-state index in [-0.39, 0.29) is 16.9 Å². The average Bonchev–Trinajstić information content (AvgIpc) is 2.71. The first-order valence-electron chi connectivity index (χ1n) is 8.43. The molecule has 2 N–H and O–H groups in total. The minimum absolute atomic E-state index is 0.139. The summed E-state index contributed by atoms with van der Waals surface area (Å²) in [5.74, 6) is -1.49. The molecule has 0 spiro atoms. The van der Waals surface area contributed by atoms with Crippen LogP contribution in [-0.2, 0) is 14.3 Å². The monoisotopic (exact) mass is 401 g/mol. The second-order valence-corrected chi connectivity index (χ2v) is 5.83. The summed E-state index contributed by atoms with van der Waals surface area (Å²) in [6.45, 7) is 0.461. The molecular formula is C19H19N3O7. The maximum absolute atomic E-state index is 12.0. The van der Waals surface area contributed by atoms with E-state index >= 15 is 0 Å². The highest BCUT2D eigenvalue weighted by atomic mass is 16.6. The smallest absolute Gasteiger partial charge is 0.325 e. The maximum atomic E-state index is 12.0. The van der Waals surface area contributed by atoms with Crippen LogP contribution in [0, 0.1) is 17.0 Å². The molecule has 10 heteroatoms. The van der Waals surface area contributed by atoms with Crippen molar-refractivity contribution in [3.05, 3.63) is 63.7 Å². The minimum atomic E-state index is -0.813. The first kappa shape index (κ1) is 21.4. The zero-order valence-electron chi connectivity index (χ0n) is 15.8. The lowest BCUT2D eigenvalue weighted by molar-refractivity contribution is -0.385. The van der Waals surface area contributed by atoms with Crippen molar-refractivity contribution in [2.75, 3.05) is 25.6 Å². The number of amides is 2. The van der Waals surface area contributed by atoms with Crippen molar-refractivity contribution in [2.45, 2.75) is 6.92 Å². The third-order valence-electron chi connectivity index (χ3n) is 3.87. The van der Waals surface area contributed by atoms with E-state index in [0.29, 0.717) is 11.3 Å². The Balaban J connectivity index is 1.81. The van der Waals surface area contributed by atoms with Crippen LogP contribution in [0.15, 0.2) is 42.5 Å². The van der Waals surface area contributed by atoms with Gasteiger partial charge < -0.3 is 20.1 Å². The van der Waals surface area contributed by atoms with Crippen LogP contribution in [0.4, 0.5) is 11.4 Å². The number of nitrogens with zero attached hydrogens (tertiary/aromatic N) is 1. The van der Waals surface area contributed by atoms with Gasteiger partial charge in [0, 0.05) is 11.6 Å². The number of esters is 1. The van der Waals surface area contributed by atoms with E-state index in [0.717, 1.165) is 0 Å². The Bertz CT molecular complexity index is 943. The van der Waals surface area contributed by atoms with Crippen molar-refractivity contribution in [1.82, 2.24) is 5.32 Å². The Morgan fingerprint density at radius 3 is 2.55 bits per heavy atom. The molecule has 0 aliphatic rings. The molecule has 0 saturated carbocycles. The molecule has 10 nitrogen and oxygen atoms in total. The van der Waals surface area contributed by atoms with Crippen molar-refractivity contribution < 1.29 is 28.8 Å². The molecule has 0 atom stereocenters. The lowest BCUT2D eigenvalue weighted by atomic mass is 10.1. The van der Waals surface area contributed by atoms with Crippen LogP contribution < -0.4 is 15.4 Å². The Labute approximate surface area is 166 Å². The standard InChI is InChI=1S/C19H19N3O7/c1-12-15(7-4-8-16(12)22(26)27)21-17(23)11-29-18(24)10-20-19(25)13-5-3-6-14(9-13)28-2/h3-9H,10-11H2,1-2H3,(H,20,25)(H,21,23). The normalized spacial score (nSPS) is 10.0. The molecule has 0 saturated heterocycles. The number of carbonyl (C=O) groups excluding carboxylic acids is 3. The van der Waals surface area contributed by atoms with E-state index in [1.54, 1.807) is 18.2 Å². The first-order chi connectivity index (χ1) is 13.8. The van der Waals surface area contributed by atoms with Gasteiger partial charge in [0.05, 0.1) is 23.3 Å². The molecule has 0 fully saturated rings. The number of ether oxygens (including phenoxy) is 2. The van der Waals surface area contributed by atoms with E-state index in [9.17, 15) is 24.5 Å². The Morgan fingerprint density at radius 1 is 1.14 bits per heavy atom. The summed E-state index contributed by atoms with van der Waals surface area (Å²) in [5, 5.41) is 15.7. The number of benzene rings is 2. The van der Waals surface area contributed by atoms with Gasteiger partial charge in [-0.05, 0) is 31.2 Å². The minimum Gasteiger partial charge on any atom is -0.497 e. The molecule has 2 amide bonds. The van der Waals surface area contributed by atoms with Gasteiger partial charge >= 0.3 is 5.97 Å². The summed E-state index contributed by atoms with van der Waals surface area (Å²) in [7, 11) is 1.47. The number of anilines is 1. The van der Waals surface area contributed by atoms with Crippen LogP contribution in [-0.4, -0.2) is 43.0 Å². The fraction of sp³-hybridized carbons (Fsp3) is 0.211. The molecule has 152 valence electrons. The SMILES string of the molecule is COc1cccc(C(=O)NCC(=O)OCC(=O)Nc2cccc([N+](=O)[O-])c2C)c1. The van der Waals surface area contributed by atoms with Crippen molar-refractivity contribution in [2.24, 2.45) is 0 Å². The van der Waals surface area contributed by atoms with Crippen molar-refractivity contribution >= 4 is 29.2 Å². The summed E-state index contributed by atoms with van der Waals surface area (Å²) in [5.41, 5.74) is 0.686. The van der Waals surface area contributed by atoms with Gasteiger partial charge in [-0.2, -0.15) is 0 Å². The Morgan fingerprint density at radius 2 is 1.86 bits per heavy atom. The average molecular weight is 401 g/mol. The maximum Gasteiger partial charge on any atom is 0.325 e. The number of hydrogen-bond donors (Lipinski definition) is 2. The third-order valence-corrected chi connectivity index (χ3v) is 3.87. The van der Waals surface area contributed by atoms with E-state index in [1.165, 1.54) is 38.3 Å². The number of nitrogens with one attached hydrogen (secondary N) is 2. The molecule has 2 rings (SSSR count). The predicted molar refractivity (Wildman–Crippen MR) is 103 cm³/mol. The number of rotatable bonds is 8. The molecule has 0 unspecified atom stereocenters. The highest BCUT2D eigenvalue weighted by Crippen LogP contribution is 2.24. The molecule has 0 aliphatic heterocycles. The molecular weight excluding hydrogens is 382 g/mol. The molecule has 0 aromatic heterocycles. The van der Waals surface area contributed by atoms with Crippen LogP contribution in [0.25, 0.3) is 0 Å². The zero-order valence-corrected chi connectivity index (χ0v) is 15.8. The molecule has 0 radical (unpaired) electrons. The van der Waals surface area contributed by atoms with Crippen molar-refractivity contribution in [3.8, 4) is 5.75 Å². The lowest BCUT2D eigenvalue weighted by Crippen LogP contribution is -2.32. The van der Waals surface area contributed by atoms with Gasteiger partial charge in [0.25, 0.3) is 17.5 Å². The highest BCUT2D eigenvalue weighted by Gasteiger charge is 2.16. The summed E-state index contributed by atoms with van der Waals surface area (Å²) in [6, 6.07) is 10.6. The van der Waals surface area contributed by atoms with Crippen molar-refractivity contribution in [1.29, 1.82) is 0 Å². The number of carbonyl (C=O) groups is 3. The van der Waals surface area contributed by atoms with E-state index < -0.39 is 35.9 Å². The van der Waals surface area contributed by atoms with E-state index in [2.05, 4.69) is 10.6 Å². The van der Waals surface area contributed by atoms with Crippen molar-refractivity contribution in [3.63, 3.8) is 0 Å². The molecule has 2 aromatic carbocycles. The second kappa shape index (κ2) is 9.83. The van der Waals surface area contributed by atoms with E-state index in [1.807, 2.05) is 0 Å². The molecule has 0 bridgehead atoms. The quantitative estimate of drug-likeness (QED) is 0.391. The van der Waals surface area contributed by atoms with E-state index in [4.69, 9.17) is 9.47 Å². The van der Waals surface area contributed by atoms with Gasteiger partial charge in [-0.3, -0.25) is 24.5 Å². The fourth-order valence-corrected chi connectivity index (χ4v) is 2.36. The third kappa shape index (κ3) is 6.03. The summed E-state index contributed by atoms with van der Waals surface area (Å²) < 4.78 is 9.82.